The van der Waals surface area contributed by atoms with Crippen molar-refractivity contribution in [2.24, 2.45) is 0 Å². The van der Waals surface area contributed by atoms with Crippen LogP contribution in [0.3, 0.4) is 0 Å². The number of carbonyl (C=O) groups excluding carboxylic acids is 1. The lowest BCUT2D eigenvalue weighted by Crippen LogP contribution is -2.27. The standard InChI is InChI=1S/C15H13F2NO/c1-10(13-8-7-12(16)9-14(13)17)18-15(19)11-5-3-2-4-6-11/h2-10H,1H3,(H,18,19)/t10-/m1/s1. The van der Waals surface area contributed by atoms with Crippen LogP contribution in [0.15, 0.2) is 48.5 Å². The van der Waals surface area contributed by atoms with E-state index < -0.39 is 17.7 Å². The third-order valence-electron chi connectivity index (χ3n) is 2.81. The summed E-state index contributed by atoms with van der Waals surface area (Å²) < 4.78 is 26.4. The van der Waals surface area contributed by atoms with Gasteiger partial charge in [0.1, 0.15) is 11.6 Å². The van der Waals surface area contributed by atoms with Crippen molar-refractivity contribution in [1.82, 2.24) is 5.32 Å². The highest BCUT2D eigenvalue weighted by Gasteiger charge is 2.14. The molecule has 2 nitrogen and oxygen atoms in total. The third-order valence-corrected chi connectivity index (χ3v) is 2.81. The van der Waals surface area contributed by atoms with Crippen molar-refractivity contribution in [2.45, 2.75) is 13.0 Å². The minimum atomic E-state index is -0.666. The van der Waals surface area contributed by atoms with Crippen molar-refractivity contribution in [3.05, 3.63) is 71.3 Å². The zero-order valence-electron chi connectivity index (χ0n) is 10.4. The van der Waals surface area contributed by atoms with Gasteiger partial charge in [0.2, 0.25) is 0 Å². The SMILES string of the molecule is C[C@@H](NC(=O)c1ccccc1)c1ccc(F)cc1F. The Morgan fingerprint density at radius 1 is 1.11 bits per heavy atom. The van der Waals surface area contributed by atoms with E-state index in [2.05, 4.69) is 5.32 Å². The first-order valence-electron chi connectivity index (χ1n) is 5.89. The molecule has 0 saturated heterocycles. The maximum atomic E-state index is 13.6. The van der Waals surface area contributed by atoms with E-state index in [1.807, 2.05) is 0 Å². The van der Waals surface area contributed by atoms with Gasteiger partial charge in [-0.1, -0.05) is 24.3 Å². The molecule has 19 heavy (non-hydrogen) atoms. The number of hydrogen-bond donors (Lipinski definition) is 1. The van der Waals surface area contributed by atoms with Crippen LogP contribution in [0.1, 0.15) is 28.9 Å². The lowest BCUT2D eigenvalue weighted by molar-refractivity contribution is 0.0939. The molecule has 1 atom stereocenters. The molecule has 0 aromatic heterocycles. The van der Waals surface area contributed by atoms with Crippen LogP contribution in [0.4, 0.5) is 8.78 Å². The van der Waals surface area contributed by atoms with Crippen LogP contribution in [0.2, 0.25) is 0 Å². The topological polar surface area (TPSA) is 29.1 Å². The summed E-state index contributed by atoms with van der Waals surface area (Å²) in [7, 11) is 0. The summed E-state index contributed by atoms with van der Waals surface area (Å²) in [5.41, 5.74) is 0.752. The van der Waals surface area contributed by atoms with Gasteiger partial charge in [0.15, 0.2) is 0 Å². The molecule has 1 N–H and O–H groups in total. The Balaban J connectivity index is 2.13. The molecular formula is C15H13F2NO. The Kier molecular flexibility index (Phi) is 3.90. The van der Waals surface area contributed by atoms with E-state index in [1.165, 1.54) is 12.1 Å². The van der Waals surface area contributed by atoms with Crippen LogP contribution in [0, 0.1) is 11.6 Å². The molecule has 0 unspecified atom stereocenters. The number of amides is 1. The summed E-state index contributed by atoms with van der Waals surface area (Å²) in [5, 5.41) is 2.67. The zero-order valence-corrected chi connectivity index (χ0v) is 10.4. The molecule has 2 aromatic carbocycles. The fraction of sp³-hybridized carbons (Fsp3) is 0.133. The summed E-state index contributed by atoms with van der Waals surface area (Å²) in [6.07, 6.45) is 0. The summed E-state index contributed by atoms with van der Waals surface area (Å²) in [5.74, 6) is -1.60. The van der Waals surface area contributed by atoms with E-state index in [1.54, 1.807) is 37.3 Å². The number of benzene rings is 2. The molecule has 0 aliphatic heterocycles. The summed E-state index contributed by atoms with van der Waals surface area (Å²) in [4.78, 5) is 11.9. The van der Waals surface area contributed by atoms with Gasteiger partial charge in [0.05, 0.1) is 6.04 Å². The first-order chi connectivity index (χ1) is 9.08. The van der Waals surface area contributed by atoms with Crippen molar-refractivity contribution in [2.75, 3.05) is 0 Å². The van der Waals surface area contributed by atoms with Crippen LogP contribution in [0.25, 0.3) is 0 Å². The minimum absolute atomic E-state index is 0.255. The Bertz CT molecular complexity index is 584. The van der Waals surface area contributed by atoms with Gasteiger partial charge in [-0.3, -0.25) is 4.79 Å². The van der Waals surface area contributed by atoms with E-state index in [9.17, 15) is 13.6 Å². The second-order valence-electron chi connectivity index (χ2n) is 4.23. The third kappa shape index (κ3) is 3.16. The average molecular weight is 261 g/mol. The van der Waals surface area contributed by atoms with Crippen LogP contribution >= 0.6 is 0 Å². The molecule has 98 valence electrons. The highest BCUT2D eigenvalue weighted by atomic mass is 19.1. The van der Waals surface area contributed by atoms with Crippen molar-refractivity contribution in [3.8, 4) is 0 Å². The summed E-state index contributed by atoms with van der Waals surface area (Å²) >= 11 is 0. The Hall–Kier alpha value is -2.23. The van der Waals surface area contributed by atoms with Crippen molar-refractivity contribution in [3.63, 3.8) is 0 Å². The molecule has 0 spiro atoms. The number of rotatable bonds is 3. The predicted molar refractivity (Wildman–Crippen MR) is 68.7 cm³/mol. The first kappa shape index (κ1) is 13.2. The second kappa shape index (κ2) is 5.61. The molecular weight excluding hydrogens is 248 g/mol. The average Bonchev–Trinajstić information content (AvgIpc) is 2.39. The van der Waals surface area contributed by atoms with Crippen LogP contribution in [0.5, 0.6) is 0 Å². The van der Waals surface area contributed by atoms with E-state index in [0.29, 0.717) is 5.56 Å². The normalized spacial score (nSPS) is 11.9. The largest absolute Gasteiger partial charge is 0.345 e. The van der Waals surface area contributed by atoms with Crippen molar-refractivity contribution in [1.29, 1.82) is 0 Å². The Morgan fingerprint density at radius 3 is 2.42 bits per heavy atom. The smallest absolute Gasteiger partial charge is 0.251 e. The van der Waals surface area contributed by atoms with Crippen molar-refractivity contribution >= 4 is 5.91 Å². The number of carbonyl (C=O) groups is 1. The van der Waals surface area contributed by atoms with Crippen LogP contribution in [-0.2, 0) is 0 Å². The van der Waals surface area contributed by atoms with Gasteiger partial charge in [-0.25, -0.2) is 8.78 Å². The Morgan fingerprint density at radius 2 is 1.79 bits per heavy atom. The molecule has 0 fully saturated rings. The molecule has 0 bridgehead atoms. The molecule has 1 amide bonds. The molecule has 0 saturated carbocycles. The van der Waals surface area contributed by atoms with E-state index in [4.69, 9.17) is 0 Å². The van der Waals surface area contributed by atoms with E-state index >= 15 is 0 Å². The maximum Gasteiger partial charge on any atom is 0.251 e. The predicted octanol–water partition coefficient (Wildman–Crippen LogP) is 3.46. The number of nitrogens with one attached hydrogen (secondary N) is 1. The van der Waals surface area contributed by atoms with Crippen LogP contribution in [-0.4, -0.2) is 5.91 Å². The maximum absolute atomic E-state index is 13.6. The van der Waals surface area contributed by atoms with Crippen LogP contribution < -0.4 is 5.32 Å². The van der Waals surface area contributed by atoms with Gasteiger partial charge in [-0.05, 0) is 25.1 Å². The van der Waals surface area contributed by atoms with Gasteiger partial charge >= 0.3 is 0 Å². The number of hydrogen-bond acceptors (Lipinski definition) is 1. The summed E-state index contributed by atoms with van der Waals surface area (Å²) in [6.45, 7) is 1.65. The van der Waals surface area contributed by atoms with Gasteiger partial charge in [-0.15, -0.1) is 0 Å². The lowest BCUT2D eigenvalue weighted by Gasteiger charge is -2.15. The quantitative estimate of drug-likeness (QED) is 0.900. The first-order valence-corrected chi connectivity index (χ1v) is 5.89. The molecule has 4 heteroatoms. The van der Waals surface area contributed by atoms with Gasteiger partial charge in [-0.2, -0.15) is 0 Å². The number of halogens is 2. The molecule has 2 rings (SSSR count). The van der Waals surface area contributed by atoms with E-state index in [0.717, 1.165) is 6.07 Å². The second-order valence-corrected chi connectivity index (χ2v) is 4.23. The van der Waals surface area contributed by atoms with Gasteiger partial charge < -0.3 is 5.32 Å². The summed E-state index contributed by atoms with van der Waals surface area (Å²) in [6, 6.07) is 11.4. The molecule has 0 aliphatic rings. The fourth-order valence-electron chi connectivity index (χ4n) is 1.80. The molecule has 0 aliphatic carbocycles. The minimum Gasteiger partial charge on any atom is -0.345 e. The molecule has 0 radical (unpaired) electrons. The lowest BCUT2D eigenvalue weighted by atomic mass is 10.1. The molecule has 2 aromatic rings. The monoisotopic (exact) mass is 261 g/mol. The van der Waals surface area contributed by atoms with Gasteiger partial charge in [0.25, 0.3) is 5.91 Å². The zero-order chi connectivity index (χ0) is 13.8. The Labute approximate surface area is 110 Å². The van der Waals surface area contributed by atoms with Crippen molar-refractivity contribution < 1.29 is 13.6 Å². The highest BCUT2D eigenvalue weighted by Crippen LogP contribution is 2.18. The fourth-order valence-corrected chi connectivity index (χ4v) is 1.80. The van der Waals surface area contributed by atoms with E-state index in [-0.39, 0.29) is 11.5 Å². The molecule has 0 heterocycles. The highest BCUT2D eigenvalue weighted by molar-refractivity contribution is 5.94. The van der Waals surface area contributed by atoms with Gasteiger partial charge in [0, 0.05) is 17.2 Å².